The SMILES string of the molecule is C=C(CC[C@H](O)[C@@]1(C)CC[C@H](C(C)(C)O)O1)[C@H]1CC[C@H]2O[C@@H]([C@]3(C)CC[C@@H](C(C)(C)O)O3)CC[C@]2(C)O1. The van der Waals surface area contributed by atoms with Gasteiger partial charge in [-0.1, -0.05) is 6.58 Å². The first kappa shape index (κ1) is 29.4. The Labute approximate surface area is 223 Å². The zero-order chi connectivity index (χ0) is 27.4. The van der Waals surface area contributed by atoms with Gasteiger partial charge in [-0.05, 0) is 118 Å². The minimum Gasteiger partial charge on any atom is -0.390 e. The molecule has 0 aliphatic carbocycles. The number of hydrogen-bond donors (Lipinski definition) is 3. The molecule has 0 spiro atoms. The van der Waals surface area contributed by atoms with Gasteiger partial charge in [-0.2, -0.15) is 0 Å². The number of hydrogen-bond acceptors (Lipinski definition) is 7. The lowest BCUT2D eigenvalue weighted by Crippen LogP contribution is -2.59. The molecule has 37 heavy (non-hydrogen) atoms. The summed E-state index contributed by atoms with van der Waals surface area (Å²) in [5.74, 6) is 0. The molecular formula is C30H52O7. The van der Waals surface area contributed by atoms with E-state index in [0.717, 1.165) is 56.9 Å². The van der Waals surface area contributed by atoms with Gasteiger partial charge in [0.2, 0.25) is 0 Å². The topological polar surface area (TPSA) is 97.6 Å². The maximum atomic E-state index is 11.0. The van der Waals surface area contributed by atoms with Crippen molar-refractivity contribution in [1.82, 2.24) is 0 Å². The third kappa shape index (κ3) is 6.13. The molecule has 3 N–H and O–H groups in total. The first-order valence-corrected chi connectivity index (χ1v) is 14.4. The lowest BCUT2D eigenvalue weighted by molar-refractivity contribution is -0.266. The first-order chi connectivity index (χ1) is 17.0. The molecule has 0 aromatic heterocycles. The highest BCUT2D eigenvalue weighted by Gasteiger charge is 2.54. The Morgan fingerprint density at radius 1 is 0.811 bits per heavy atom. The van der Waals surface area contributed by atoms with Crippen LogP contribution in [-0.2, 0) is 18.9 Å². The second kappa shape index (κ2) is 10.1. The van der Waals surface area contributed by atoms with Crippen molar-refractivity contribution in [2.75, 3.05) is 0 Å². The molecule has 9 atom stereocenters. The summed E-state index contributed by atoms with van der Waals surface area (Å²) in [5.41, 5.74) is -2.15. The summed E-state index contributed by atoms with van der Waals surface area (Å²) in [5, 5.41) is 31.7. The first-order valence-electron chi connectivity index (χ1n) is 14.4. The smallest absolute Gasteiger partial charge is 0.0924 e. The van der Waals surface area contributed by atoms with Gasteiger partial charge in [0.15, 0.2) is 0 Å². The summed E-state index contributed by atoms with van der Waals surface area (Å²) in [6, 6.07) is 0. The van der Waals surface area contributed by atoms with Crippen molar-refractivity contribution in [2.45, 2.75) is 177 Å². The average Bonchev–Trinajstić information content (AvgIpc) is 3.41. The van der Waals surface area contributed by atoms with Gasteiger partial charge in [-0.25, -0.2) is 0 Å². The fraction of sp³-hybridized carbons (Fsp3) is 0.933. The van der Waals surface area contributed by atoms with Gasteiger partial charge in [-0.15, -0.1) is 0 Å². The fourth-order valence-corrected chi connectivity index (χ4v) is 6.91. The van der Waals surface area contributed by atoms with E-state index in [-0.39, 0.29) is 41.7 Å². The summed E-state index contributed by atoms with van der Waals surface area (Å²) in [4.78, 5) is 0. The van der Waals surface area contributed by atoms with Crippen molar-refractivity contribution in [3.63, 3.8) is 0 Å². The molecule has 4 rings (SSSR count). The van der Waals surface area contributed by atoms with Crippen LogP contribution >= 0.6 is 0 Å². The van der Waals surface area contributed by atoms with Crippen molar-refractivity contribution in [2.24, 2.45) is 0 Å². The van der Waals surface area contributed by atoms with Gasteiger partial charge in [0.25, 0.3) is 0 Å². The molecule has 0 unspecified atom stereocenters. The van der Waals surface area contributed by atoms with Gasteiger partial charge in [0.1, 0.15) is 0 Å². The zero-order valence-corrected chi connectivity index (χ0v) is 24.2. The van der Waals surface area contributed by atoms with E-state index in [1.165, 1.54) is 0 Å². The van der Waals surface area contributed by atoms with E-state index in [0.29, 0.717) is 12.8 Å². The van der Waals surface area contributed by atoms with Crippen molar-refractivity contribution >= 4 is 0 Å². The van der Waals surface area contributed by atoms with E-state index in [1.807, 2.05) is 20.8 Å². The Morgan fingerprint density at radius 2 is 1.35 bits per heavy atom. The highest BCUT2D eigenvalue weighted by Crippen LogP contribution is 2.47. The molecular weight excluding hydrogens is 472 g/mol. The van der Waals surface area contributed by atoms with Gasteiger partial charge in [-0.3, -0.25) is 0 Å². The molecule has 7 nitrogen and oxygen atoms in total. The average molecular weight is 525 g/mol. The molecule has 4 aliphatic heterocycles. The highest BCUT2D eigenvalue weighted by atomic mass is 16.6. The summed E-state index contributed by atoms with van der Waals surface area (Å²) >= 11 is 0. The maximum Gasteiger partial charge on any atom is 0.0924 e. The Morgan fingerprint density at radius 3 is 1.95 bits per heavy atom. The largest absolute Gasteiger partial charge is 0.390 e. The highest BCUT2D eigenvalue weighted by molar-refractivity contribution is 5.10. The van der Waals surface area contributed by atoms with Crippen LogP contribution in [0.4, 0.5) is 0 Å². The second-order valence-electron chi connectivity index (χ2n) is 14.1. The molecule has 4 saturated heterocycles. The Kier molecular flexibility index (Phi) is 8.06. The molecule has 0 amide bonds. The monoisotopic (exact) mass is 524 g/mol. The Bertz CT molecular complexity index is 831. The lowest BCUT2D eigenvalue weighted by atomic mass is 9.78. The van der Waals surface area contributed by atoms with Crippen molar-refractivity contribution < 1.29 is 34.3 Å². The fourth-order valence-electron chi connectivity index (χ4n) is 6.91. The van der Waals surface area contributed by atoms with Crippen LogP contribution in [0.5, 0.6) is 0 Å². The van der Waals surface area contributed by atoms with Crippen LogP contribution in [0.1, 0.15) is 113 Å². The molecule has 0 radical (unpaired) electrons. The summed E-state index contributed by atoms with van der Waals surface area (Å²) in [6.07, 6.45) is 6.84. The van der Waals surface area contributed by atoms with Crippen LogP contribution < -0.4 is 0 Å². The molecule has 0 saturated carbocycles. The molecule has 0 aromatic carbocycles. The van der Waals surface area contributed by atoms with Gasteiger partial charge >= 0.3 is 0 Å². The van der Waals surface area contributed by atoms with Crippen LogP contribution in [0.15, 0.2) is 12.2 Å². The minimum absolute atomic E-state index is 0.00342. The van der Waals surface area contributed by atoms with Crippen molar-refractivity contribution in [3.8, 4) is 0 Å². The molecule has 4 heterocycles. The number of rotatable bonds is 8. The van der Waals surface area contributed by atoms with E-state index in [9.17, 15) is 15.3 Å². The molecule has 4 aliphatic rings. The van der Waals surface area contributed by atoms with E-state index in [1.54, 1.807) is 13.8 Å². The van der Waals surface area contributed by atoms with E-state index >= 15 is 0 Å². The zero-order valence-electron chi connectivity index (χ0n) is 24.2. The predicted octanol–water partition coefficient (Wildman–Crippen LogP) is 4.59. The normalized spacial score (nSPS) is 44.0. The lowest BCUT2D eigenvalue weighted by Gasteiger charge is -2.52. The summed E-state index contributed by atoms with van der Waals surface area (Å²) in [6.45, 7) is 17.7. The number of aliphatic hydroxyl groups is 3. The van der Waals surface area contributed by atoms with Crippen LogP contribution in [0.2, 0.25) is 0 Å². The van der Waals surface area contributed by atoms with Gasteiger partial charge in [0.05, 0.1) is 64.6 Å². The van der Waals surface area contributed by atoms with Crippen LogP contribution in [-0.4, -0.2) is 79.9 Å². The third-order valence-corrected chi connectivity index (χ3v) is 9.80. The minimum atomic E-state index is -0.914. The van der Waals surface area contributed by atoms with E-state index in [4.69, 9.17) is 18.9 Å². The molecule has 0 aromatic rings. The molecule has 0 bridgehead atoms. The van der Waals surface area contributed by atoms with Crippen LogP contribution in [0.3, 0.4) is 0 Å². The third-order valence-electron chi connectivity index (χ3n) is 9.80. The summed E-state index contributed by atoms with van der Waals surface area (Å²) in [7, 11) is 0. The number of fused-ring (bicyclic) bond motifs is 1. The Hall–Kier alpha value is -0.540. The summed E-state index contributed by atoms with van der Waals surface area (Å²) < 4.78 is 25.8. The Balaban J connectivity index is 1.28. The predicted molar refractivity (Wildman–Crippen MR) is 142 cm³/mol. The molecule has 214 valence electrons. The molecule has 4 fully saturated rings. The van der Waals surface area contributed by atoms with Gasteiger partial charge in [0, 0.05) is 0 Å². The van der Waals surface area contributed by atoms with Crippen molar-refractivity contribution in [3.05, 3.63) is 12.2 Å². The quantitative estimate of drug-likeness (QED) is 0.400. The number of aliphatic hydroxyl groups excluding tert-OH is 1. The maximum absolute atomic E-state index is 11.0. The van der Waals surface area contributed by atoms with Crippen LogP contribution in [0.25, 0.3) is 0 Å². The van der Waals surface area contributed by atoms with E-state index in [2.05, 4.69) is 20.4 Å². The molecule has 7 heteroatoms. The van der Waals surface area contributed by atoms with Crippen LogP contribution in [0, 0.1) is 0 Å². The van der Waals surface area contributed by atoms with Gasteiger partial charge < -0.3 is 34.3 Å². The van der Waals surface area contributed by atoms with E-state index < -0.39 is 22.9 Å². The number of ether oxygens (including phenoxy) is 4. The van der Waals surface area contributed by atoms with Crippen molar-refractivity contribution in [1.29, 1.82) is 0 Å². The second-order valence-corrected chi connectivity index (χ2v) is 14.1. The standard InChI is InChI=1S/C30H52O7/c1-19(9-11-21(31)28(6)16-13-22(36-28)26(2,3)32)20-10-12-24-29(7,35-20)18-15-25(34-24)30(8)17-14-23(37-30)27(4,5)33/h20-25,31-33H,1,9-18H2,2-8H3/t20-,21+,22-,23+,24-,25-,28-,29+,30+/m1/s1.